The van der Waals surface area contributed by atoms with Crippen molar-refractivity contribution in [3.05, 3.63) is 41.2 Å². The molecule has 0 bridgehead atoms. The van der Waals surface area contributed by atoms with Crippen molar-refractivity contribution in [3.63, 3.8) is 0 Å². The molecule has 1 saturated carbocycles. The summed E-state index contributed by atoms with van der Waals surface area (Å²) in [4.78, 5) is 18.2. The van der Waals surface area contributed by atoms with Crippen molar-refractivity contribution in [1.82, 2.24) is 14.7 Å². The molecule has 0 saturated heterocycles. The first-order valence-electron chi connectivity index (χ1n) is 7.49. The molecule has 3 rings (SSSR count). The number of aryl methyl sites for hydroxylation is 1. The molecule has 1 aromatic carbocycles. The number of amides is 1. The van der Waals surface area contributed by atoms with Crippen molar-refractivity contribution in [3.8, 4) is 0 Å². The third-order valence-electron chi connectivity index (χ3n) is 3.59. The zero-order chi connectivity index (χ0) is 15.5. The van der Waals surface area contributed by atoms with Gasteiger partial charge in [0.1, 0.15) is 5.82 Å². The van der Waals surface area contributed by atoms with Gasteiger partial charge >= 0.3 is 0 Å². The van der Waals surface area contributed by atoms with E-state index in [0.717, 1.165) is 30.2 Å². The second-order valence-electron chi connectivity index (χ2n) is 5.85. The topological polar surface area (TPSA) is 58.1 Å². The molecule has 6 heteroatoms. The Bertz CT molecular complexity index is 648. The molecule has 2 aromatic rings. The van der Waals surface area contributed by atoms with Crippen LogP contribution >= 0.6 is 11.5 Å². The summed E-state index contributed by atoms with van der Waals surface area (Å²) in [6.45, 7) is 2.40. The Morgan fingerprint density at radius 2 is 2.09 bits per heavy atom. The van der Waals surface area contributed by atoms with Crippen LogP contribution in [-0.4, -0.2) is 34.9 Å². The van der Waals surface area contributed by atoms with E-state index in [-0.39, 0.29) is 5.91 Å². The number of benzene rings is 1. The van der Waals surface area contributed by atoms with Crippen LogP contribution in [0.3, 0.4) is 0 Å². The average molecular weight is 316 g/mol. The molecule has 1 aromatic heterocycles. The Labute approximate surface area is 134 Å². The summed E-state index contributed by atoms with van der Waals surface area (Å²) in [5.74, 6) is 0.860. The van der Waals surface area contributed by atoms with Gasteiger partial charge in [-0.2, -0.15) is 4.37 Å². The van der Waals surface area contributed by atoms with Crippen molar-refractivity contribution >= 4 is 22.6 Å². The smallest absolute Gasteiger partial charge is 0.239 e. The van der Waals surface area contributed by atoms with Gasteiger partial charge in [0.05, 0.1) is 6.54 Å². The average Bonchev–Trinajstić information content (AvgIpc) is 3.16. The van der Waals surface area contributed by atoms with Crippen LogP contribution < -0.4 is 10.2 Å². The number of aromatic nitrogens is 2. The van der Waals surface area contributed by atoms with Gasteiger partial charge < -0.3 is 10.2 Å². The fourth-order valence-electron chi connectivity index (χ4n) is 2.14. The van der Waals surface area contributed by atoms with Crippen LogP contribution in [0, 0.1) is 6.92 Å². The van der Waals surface area contributed by atoms with Crippen LogP contribution in [0.4, 0.5) is 5.13 Å². The zero-order valence-electron chi connectivity index (χ0n) is 12.9. The third kappa shape index (κ3) is 4.04. The Morgan fingerprint density at radius 3 is 2.77 bits per heavy atom. The van der Waals surface area contributed by atoms with E-state index < -0.39 is 0 Å². The number of carbonyl (C=O) groups excluding carboxylic acids is 1. The number of nitrogens with zero attached hydrogens (tertiary/aromatic N) is 3. The second kappa shape index (κ2) is 6.44. The van der Waals surface area contributed by atoms with E-state index in [2.05, 4.69) is 45.9 Å². The predicted molar refractivity (Wildman–Crippen MR) is 88.3 cm³/mol. The molecule has 1 heterocycles. The fourth-order valence-corrected chi connectivity index (χ4v) is 2.79. The normalized spacial score (nSPS) is 13.9. The fraction of sp³-hybridized carbons (Fsp3) is 0.438. The first-order valence-corrected chi connectivity index (χ1v) is 8.26. The Morgan fingerprint density at radius 1 is 1.36 bits per heavy atom. The van der Waals surface area contributed by atoms with Crippen LogP contribution in [0.1, 0.15) is 29.8 Å². The predicted octanol–water partition coefficient (Wildman–Crippen LogP) is 2.15. The van der Waals surface area contributed by atoms with Gasteiger partial charge in [-0.15, -0.1) is 0 Å². The van der Waals surface area contributed by atoms with Gasteiger partial charge in [-0.05, 0) is 25.3 Å². The van der Waals surface area contributed by atoms with E-state index in [0.29, 0.717) is 12.6 Å². The first kappa shape index (κ1) is 15.0. The summed E-state index contributed by atoms with van der Waals surface area (Å²) in [5.41, 5.74) is 2.45. The molecule has 1 amide bonds. The van der Waals surface area contributed by atoms with E-state index >= 15 is 0 Å². The minimum atomic E-state index is 0.0558. The summed E-state index contributed by atoms with van der Waals surface area (Å²) in [6, 6.07) is 8.78. The van der Waals surface area contributed by atoms with Gasteiger partial charge in [0.2, 0.25) is 11.0 Å². The van der Waals surface area contributed by atoms with Crippen molar-refractivity contribution in [2.24, 2.45) is 0 Å². The van der Waals surface area contributed by atoms with E-state index in [4.69, 9.17) is 0 Å². The quantitative estimate of drug-likeness (QED) is 0.887. The number of carbonyl (C=O) groups is 1. The summed E-state index contributed by atoms with van der Waals surface area (Å²) in [5, 5.41) is 3.77. The van der Waals surface area contributed by atoms with Gasteiger partial charge in [0.25, 0.3) is 0 Å². The molecule has 0 radical (unpaired) electrons. The molecule has 0 aliphatic heterocycles. The lowest BCUT2D eigenvalue weighted by molar-refractivity contribution is -0.119. The van der Waals surface area contributed by atoms with Gasteiger partial charge in [-0.3, -0.25) is 4.79 Å². The number of hydrogen-bond acceptors (Lipinski definition) is 5. The molecular weight excluding hydrogens is 296 g/mol. The minimum absolute atomic E-state index is 0.0558. The summed E-state index contributed by atoms with van der Waals surface area (Å²) in [6.07, 6.45) is 2.93. The third-order valence-corrected chi connectivity index (χ3v) is 4.46. The minimum Gasteiger partial charge on any atom is -0.352 e. The molecule has 1 aliphatic carbocycles. The molecule has 0 spiro atoms. The van der Waals surface area contributed by atoms with Crippen LogP contribution in [0.2, 0.25) is 0 Å². The maximum atomic E-state index is 11.8. The Kier molecular flexibility index (Phi) is 4.38. The number of likely N-dealkylation sites (N-methyl/N-ethyl adjacent to an activating group) is 1. The molecule has 1 aliphatic rings. The first-order chi connectivity index (χ1) is 10.6. The zero-order valence-corrected chi connectivity index (χ0v) is 13.7. The van der Waals surface area contributed by atoms with Crippen molar-refractivity contribution in [1.29, 1.82) is 0 Å². The highest BCUT2D eigenvalue weighted by Gasteiger charge is 2.24. The van der Waals surface area contributed by atoms with Crippen LogP contribution in [0.5, 0.6) is 0 Å². The maximum Gasteiger partial charge on any atom is 0.239 e. The summed E-state index contributed by atoms with van der Waals surface area (Å²) < 4.78 is 4.39. The summed E-state index contributed by atoms with van der Waals surface area (Å²) >= 11 is 1.34. The maximum absolute atomic E-state index is 11.8. The lowest BCUT2D eigenvalue weighted by atomic mass is 10.1. The lowest BCUT2D eigenvalue weighted by Gasteiger charge is -2.14. The largest absolute Gasteiger partial charge is 0.352 e. The van der Waals surface area contributed by atoms with Crippen molar-refractivity contribution < 1.29 is 4.79 Å². The van der Waals surface area contributed by atoms with Crippen molar-refractivity contribution in [2.75, 3.05) is 18.5 Å². The molecule has 1 fully saturated rings. The van der Waals surface area contributed by atoms with Gasteiger partial charge in [0.15, 0.2) is 0 Å². The second-order valence-corrected chi connectivity index (χ2v) is 6.58. The number of nitrogens with one attached hydrogen (secondary N) is 1. The number of anilines is 1. The van der Waals surface area contributed by atoms with Crippen molar-refractivity contribution in [2.45, 2.75) is 32.2 Å². The molecule has 22 heavy (non-hydrogen) atoms. The van der Waals surface area contributed by atoms with Crippen LogP contribution in [-0.2, 0) is 11.2 Å². The highest BCUT2D eigenvalue weighted by atomic mass is 32.1. The standard InChI is InChI=1S/C16H20N4OS/c1-11-3-5-12(6-4-11)9-14-18-16(22-19-14)20(2)10-15(21)17-13-7-8-13/h3-6,13H,7-10H2,1-2H3,(H,17,21). The van der Waals surface area contributed by atoms with Gasteiger partial charge in [-0.1, -0.05) is 29.8 Å². The molecular formula is C16H20N4OS. The number of rotatable bonds is 6. The van der Waals surface area contributed by atoms with E-state index in [1.807, 2.05) is 11.9 Å². The SMILES string of the molecule is Cc1ccc(Cc2nsc(N(C)CC(=O)NC3CC3)n2)cc1. The van der Waals surface area contributed by atoms with E-state index in [1.54, 1.807) is 0 Å². The summed E-state index contributed by atoms with van der Waals surface area (Å²) in [7, 11) is 1.88. The molecule has 0 atom stereocenters. The Balaban J connectivity index is 1.57. The van der Waals surface area contributed by atoms with Gasteiger partial charge in [-0.25, -0.2) is 4.98 Å². The molecule has 116 valence electrons. The molecule has 1 N–H and O–H groups in total. The lowest BCUT2D eigenvalue weighted by Crippen LogP contribution is -2.36. The van der Waals surface area contributed by atoms with E-state index in [1.165, 1.54) is 22.7 Å². The monoisotopic (exact) mass is 316 g/mol. The van der Waals surface area contributed by atoms with Gasteiger partial charge in [0, 0.05) is 31.0 Å². The highest BCUT2D eigenvalue weighted by Crippen LogP contribution is 2.20. The number of hydrogen-bond donors (Lipinski definition) is 1. The van der Waals surface area contributed by atoms with Crippen LogP contribution in [0.15, 0.2) is 24.3 Å². The highest BCUT2D eigenvalue weighted by molar-refractivity contribution is 7.09. The van der Waals surface area contributed by atoms with E-state index in [9.17, 15) is 4.79 Å². The molecule has 0 unspecified atom stereocenters. The Hall–Kier alpha value is -1.95. The van der Waals surface area contributed by atoms with Crippen LogP contribution in [0.25, 0.3) is 0 Å². The molecule has 5 nitrogen and oxygen atoms in total.